The minimum atomic E-state index is -1.67. The Morgan fingerprint density at radius 3 is 2.50 bits per heavy atom. The maximum atomic E-state index is 11.8. The third-order valence-corrected chi connectivity index (χ3v) is 2.64. The van der Waals surface area contributed by atoms with Crippen molar-refractivity contribution in [2.24, 2.45) is 0 Å². The highest BCUT2D eigenvalue weighted by molar-refractivity contribution is 6.00. The number of aliphatic hydroxyl groups is 1. The van der Waals surface area contributed by atoms with Gasteiger partial charge in [-0.2, -0.15) is 0 Å². The molecule has 1 atom stereocenters. The Balaban J connectivity index is 2.86. The molecule has 1 N–H and O–H groups in total. The van der Waals surface area contributed by atoms with Crippen molar-refractivity contribution >= 4 is 11.9 Å². The van der Waals surface area contributed by atoms with Crippen LogP contribution in [0.1, 0.15) is 30.6 Å². The first-order valence-electron chi connectivity index (χ1n) is 5.54. The van der Waals surface area contributed by atoms with Gasteiger partial charge in [0.2, 0.25) is 0 Å². The van der Waals surface area contributed by atoms with Crippen molar-refractivity contribution in [1.29, 1.82) is 0 Å². The molecule has 18 heavy (non-hydrogen) atoms. The Morgan fingerprint density at radius 1 is 1.33 bits per heavy atom. The molecule has 0 bridgehead atoms. The van der Waals surface area contributed by atoms with E-state index in [1.54, 1.807) is 25.1 Å². The molecule has 5 heteroatoms. The number of carbonyl (C=O) groups is 2. The first kappa shape index (κ1) is 14.2. The average molecular weight is 252 g/mol. The zero-order chi connectivity index (χ0) is 13.8. The molecule has 0 aliphatic rings. The Kier molecular flexibility index (Phi) is 4.44. The van der Waals surface area contributed by atoms with Crippen molar-refractivity contribution in [3.05, 3.63) is 29.8 Å². The molecule has 0 spiro atoms. The maximum Gasteiger partial charge on any atom is 0.349 e. The Bertz CT molecular complexity index is 450. The topological polar surface area (TPSA) is 72.8 Å². The summed E-state index contributed by atoms with van der Waals surface area (Å²) in [5.41, 5.74) is -1.53. The summed E-state index contributed by atoms with van der Waals surface area (Å²) in [6.07, 6.45) is 0.158. The third-order valence-electron chi connectivity index (χ3n) is 2.64. The summed E-state index contributed by atoms with van der Waals surface area (Å²) in [5.74, 6) is -1.50. The molecule has 1 unspecified atom stereocenters. The van der Waals surface area contributed by atoms with Gasteiger partial charge in [0.1, 0.15) is 11.3 Å². The summed E-state index contributed by atoms with van der Waals surface area (Å²) >= 11 is 0. The van der Waals surface area contributed by atoms with E-state index < -0.39 is 17.5 Å². The Hall–Kier alpha value is -1.88. The average Bonchev–Trinajstić information content (AvgIpc) is 2.38. The largest absolute Gasteiger partial charge is 0.496 e. The predicted molar refractivity (Wildman–Crippen MR) is 64.3 cm³/mol. The van der Waals surface area contributed by atoms with Gasteiger partial charge in [-0.25, -0.2) is 9.59 Å². The molecule has 0 saturated carbocycles. The first-order chi connectivity index (χ1) is 8.42. The van der Waals surface area contributed by atoms with E-state index in [1.807, 2.05) is 0 Å². The molecule has 5 nitrogen and oxygen atoms in total. The van der Waals surface area contributed by atoms with Gasteiger partial charge in [-0.05, 0) is 25.5 Å². The number of esters is 2. The van der Waals surface area contributed by atoms with Crippen molar-refractivity contribution in [2.45, 2.75) is 25.9 Å². The van der Waals surface area contributed by atoms with Crippen LogP contribution in [0.4, 0.5) is 0 Å². The molecule has 0 heterocycles. The van der Waals surface area contributed by atoms with E-state index in [4.69, 9.17) is 4.74 Å². The van der Waals surface area contributed by atoms with E-state index in [1.165, 1.54) is 20.1 Å². The van der Waals surface area contributed by atoms with Crippen LogP contribution in [0, 0.1) is 0 Å². The molecule has 98 valence electrons. The standard InChI is InChI=1S/C13H16O5/c1-4-13(2,16)12(15)18-11(14)9-7-5-6-8-10(9)17-3/h5-8,16H,4H2,1-3H3. The van der Waals surface area contributed by atoms with Crippen LogP contribution < -0.4 is 4.74 Å². The normalized spacial score (nSPS) is 13.6. The number of carbonyl (C=O) groups excluding carboxylic acids is 2. The van der Waals surface area contributed by atoms with Crippen molar-refractivity contribution < 1.29 is 24.2 Å². The second kappa shape index (κ2) is 5.64. The van der Waals surface area contributed by atoms with Gasteiger partial charge in [-0.15, -0.1) is 0 Å². The number of ether oxygens (including phenoxy) is 2. The summed E-state index contributed by atoms with van der Waals surface area (Å²) in [5, 5.41) is 9.66. The van der Waals surface area contributed by atoms with E-state index in [-0.39, 0.29) is 12.0 Å². The lowest BCUT2D eigenvalue weighted by atomic mass is 10.0. The number of para-hydroxylation sites is 1. The number of hydrogen-bond acceptors (Lipinski definition) is 5. The highest BCUT2D eigenvalue weighted by Gasteiger charge is 2.32. The van der Waals surface area contributed by atoms with E-state index in [0.717, 1.165) is 0 Å². The van der Waals surface area contributed by atoms with Crippen LogP contribution in [0.3, 0.4) is 0 Å². The van der Waals surface area contributed by atoms with Crippen LogP contribution in [0.15, 0.2) is 24.3 Å². The van der Waals surface area contributed by atoms with Crippen LogP contribution in [-0.2, 0) is 9.53 Å². The zero-order valence-electron chi connectivity index (χ0n) is 10.6. The van der Waals surface area contributed by atoms with Gasteiger partial charge < -0.3 is 14.6 Å². The lowest BCUT2D eigenvalue weighted by molar-refractivity contribution is -0.157. The van der Waals surface area contributed by atoms with Gasteiger partial charge in [0.05, 0.1) is 7.11 Å². The van der Waals surface area contributed by atoms with Gasteiger partial charge >= 0.3 is 11.9 Å². The smallest absolute Gasteiger partial charge is 0.349 e. The molecule has 0 radical (unpaired) electrons. The second-order valence-corrected chi connectivity index (χ2v) is 4.00. The Morgan fingerprint density at radius 2 is 1.94 bits per heavy atom. The summed E-state index contributed by atoms with van der Waals surface area (Å²) in [6, 6.07) is 6.38. The summed E-state index contributed by atoms with van der Waals surface area (Å²) in [6.45, 7) is 2.92. The van der Waals surface area contributed by atoms with Crippen LogP contribution in [-0.4, -0.2) is 29.8 Å². The van der Waals surface area contributed by atoms with Gasteiger partial charge in [0.25, 0.3) is 0 Å². The molecule has 0 amide bonds. The highest BCUT2D eigenvalue weighted by atomic mass is 16.6. The molecule has 1 aromatic rings. The van der Waals surface area contributed by atoms with E-state index >= 15 is 0 Å². The number of benzene rings is 1. The predicted octanol–water partition coefficient (Wildman–Crippen LogP) is 1.54. The molecule has 0 fully saturated rings. The fraction of sp³-hybridized carbons (Fsp3) is 0.385. The molecule has 0 aromatic heterocycles. The minimum Gasteiger partial charge on any atom is -0.496 e. The molecular weight excluding hydrogens is 236 g/mol. The van der Waals surface area contributed by atoms with Crippen LogP contribution in [0.25, 0.3) is 0 Å². The van der Waals surface area contributed by atoms with Crippen molar-refractivity contribution in [3.8, 4) is 5.75 Å². The highest BCUT2D eigenvalue weighted by Crippen LogP contribution is 2.19. The van der Waals surface area contributed by atoms with Gasteiger partial charge in [-0.3, -0.25) is 0 Å². The molecule has 1 aromatic carbocycles. The fourth-order valence-electron chi connectivity index (χ4n) is 1.21. The SMILES string of the molecule is CCC(C)(O)C(=O)OC(=O)c1ccccc1OC. The maximum absolute atomic E-state index is 11.8. The summed E-state index contributed by atoms with van der Waals surface area (Å²) in [4.78, 5) is 23.3. The monoisotopic (exact) mass is 252 g/mol. The van der Waals surface area contributed by atoms with Crippen LogP contribution in [0.2, 0.25) is 0 Å². The van der Waals surface area contributed by atoms with E-state index in [0.29, 0.717) is 5.75 Å². The molecule has 0 aliphatic carbocycles. The summed E-state index contributed by atoms with van der Waals surface area (Å²) in [7, 11) is 1.41. The third kappa shape index (κ3) is 3.07. The van der Waals surface area contributed by atoms with Crippen molar-refractivity contribution in [1.82, 2.24) is 0 Å². The molecule has 0 saturated heterocycles. The lowest BCUT2D eigenvalue weighted by Crippen LogP contribution is -2.37. The van der Waals surface area contributed by atoms with Crippen LogP contribution >= 0.6 is 0 Å². The number of hydrogen-bond donors (Lipinski definition) is 1. The van der Waals surface area contributed by atoms with Crippen molar-refractivity contribution in [2.75, 3.05) is 7.11 Å². The second-order valence-electron chi connectivity index (χ2n) is 4.00. The van der Waals surface area contributed by atoms with Crippen molar-refractivity contribution in [3.63, 3.8) is 0 Å². The Labute approximate surface area is 105 Å². The summed E-state index contributed by atoms with van der Waals surface area (Å²) < 4.78 is 9.61. The fourth-order valence-corrected chi connectivity index (χ4v) is 1.21. The number of methoxy groups -OCH3 is 1. The minimum absolute atomic E-state index is 0.139. The van der Waals surface area contributed by atoms with Gasteiger partial charge in [-0.1, -0.05) is 19.1 Å². The first-order valence-corrected chi connectivity index (χ1v) is 5.54. The van der Waals surface area contributed by atoms with E-state index in [9.17, 15) is 14.7 Å². The molecular formula is C13H16O5. The zero-order valence-corrected chi connectivity index (χ0v) is 10.6. The molecule has 1 rings (SSSR count). The molecule has 0 aliphatic heterocycles. The van der Waals surface area contributed by atoms with Gasteiger partial charge in [0.15, 0.2) is 5.60 Å². The lowest BCUT2D eigenvalue weighted by Gasteiger charge is -2.18. The number of rotatable bonds is 4. The van der Waals surface area contributed by atoms with E-state index in [2.05, 4.69) is 4.74 Å². The van der Waals surface area contributed by atoms with Gasteiger partial charge in [0, 0.05) is 0 Å². The quantitative estimate of drug-likeness (QED) is 0.650. The van der Waals surface area contributed by atoms with Crippen LogP contribution in [0.5, 0.6) is 5.75 Å².